The molecule has 1 aliphatic heterocycles. The van der Waals surface area contributed by atoms with Crippen molar-refractivity contribution in [2.45, 2.75) is 13.0 Å². The van der Waals surface area contributed by atoms with Crippen LogP contribution < -0.4 is 20.1 Å². The van der Waals surface area contributed by atoms with Gasteiger partial charge in [-0.2, -0.15) is 5.10 Å². The lowest BCUT2D eigenvalue weighted by molar-refractivity contribution is 0.102. The van der Waals surface area contributed by atoms with Gasteiger partial charge in [-0.25, -0.2) is 4.98 Å². The number of thiazole rings is 1. The molecular weight excluding hydrogens is 402 g/mol. The van der Waals surface area contributed by atoms with Gasteiger partial charge >= 0.3 is 0 Å². The first kappa shape index (κ1) is 20.1. The minimum atomic E-state index is -0.260. The van der Waals surface area contributed by atoms with Gasteiger partial charge in [0.25, 0.3) is 5.91 Å². The number of nitrogens with one attached hydrogen (secondary N) is 3. The fraction of sp³-hybridized carbons (Fsp3) is 0.278. The summed E-state index contributed by atoms with van der Waals surface area (Å²) in [6.07, 6.45) is 0.844. The molecule has 0 spiro atoms. The van der Waals surface area contributed by atoms with Crippen molar-refractivity contribution in [3.05, 3.63) is 40.5 Å². The number of anilines is 1. The second kappa shape index (κ2) is 8.59. The maximum Gasteiger partial charge on any atom is 0.278 e. The lowest BCUT2D eigenvalue weighted by Crippen LogP contribution is -2.25. The Morgan fingerprint density at radius 1 is 1.25 bits per heavy atom. The molecule has 0 fully saturated rings. The van der Waals surface area contributed by atoms with E-state index in [2.05, 4.69) is 25.8 Å². The van der Waals surface area contributed by atoms with E-state index in [0.29, 0.717) is 28.9 Å². The summed E-state index contributed by atoms with van der Waals surface area (Å²) in [5, 5.41) is 15.6. The zero-order chi connectivity index (χ0) is 18.8. The van der Waals surface area contributed by atoms with Crippen molar-refractivity contribution in [3.63, 3.8) is 0 Å². The van der Waals surface area contributed by atoms with Crippen LogP contribution in [0.4, 0.5) is 5.13 Å². The number of benzene rings is 1. The van der Waals surface area contributed by atoms with Gasteiger partial charge in [0.2, 0.25) is 0 Å². The number of halogens is 1. The minimum absolute atomic E-state index is 0. The zero-order valence-corrected chi connectivity index (χ0v) is 17.0. The molecule has 0 bridgehead atoms. The number of nitrogens with zero attached hydrogens (tertiary/aromatic N) is 2. The summed E-state index contributed by atoms with van der Waals surface area (Å²) in [5.74, 6) is 1.02. The highest BCUT2D eigenvalue weighted by Crippen LogP contribution is 2.33. The fourth-order valence-electron chi connectivity index (χ4n) is 3.03. The van der Waals surface area contributed by atoms with Crippen LogP contribution in [0.15, 0.2) is 23.6 Å². The van der Waals surface area contributed by atoms with Crippen LogP contribution in [0.25, 0.3) is 11.3 Å². The largest absolute Gasteiger partial charge is 0.493 e. The van der Waals surface area contributed by atoms with E-state index in [1.54, 1.807) is 14.2 Å². The summed E-state index contributed by atoms with van der Waals surface area (Å²) in [5.41, 5.74) is 3.99. The van der Waals surface area contributed by atoms with Gasteiger partial charge in [0.1, 0.15) is 0 Å². The number of carbonyl (C=O) groups is 1. The third kappa shape index (κ3) is 3.82. The van der Waals surface area contributed by atoms with Crippen molar-refractivity contribution in [2.24, 2.45) is 0 Å². The highest BCUT2D eigenvalue weighted by Gasteiger charge is 2.22. The second-order valence-electron chi connectivity index (χ2n) is 6.02. The van der Waals surface area contributed by atoms with Gasteiger partial charge in [-0.3, -0.25) is 15.2 Å². The molecule has 28 heavy (non-hydrogen) atoms. The van der Waals surface area contributed by atoms with Gasteiger partial charge < -0.3 is 14.8 Å². The van der Waals surface area contributed by atoms with E-state index in [1.807, 2.05) is 23.6 Å². The molecular formula is C18H20ClN5O3S. The standard InChI is InChI=1S/C18H19N5O3S.ClH/c1-25-14-4-3-10(7-15(14)26-2)13-9-27-18(20-13)21-17(24)16-11-8-19-6-5-12(11)22-23-16;/h3-4,7,9,19H,5-6,8H2,1-2H3,(H,22,23)(H,20,21,24);1H. The summed E-state index contributed by atoms with van der Waals surface area (Å²) in [6, 6.07) is 5.59. The van der Waals surface area contributed by atoms with Crippen LogP contribution in [-0.4, -0.2) is 41.9 Å². The Bertz CT molecular complexity index is 988. The van der Waals surface area contributed by atoms with Crippen LogP contribution >= 0.6 is 23.7 Å². The molecule has 0 unspecified atom stereocenters. The monoisotopic (exact) mass is 421 g/mol. The second-order valence-corrected chi connectivity index (χ2v) is 6.88. The van der Waals surface area contributed by atoms with Crippen molar-refractivity contribution >= 4 is 34.8 Å². The van der Waals surface area contributed by atoms with Crippen LogP contribution in [-0.2, 0) is 13.0 Å². The normalized spacial score (nSPS) is 12.6. The van der Waals surface area contributed by atoms with E-state index in [-0.39, 0.29) is 18.3 Å². The maximum absolute atomic E-state index is 12.6. The first-order valence-electron chi connectivity index (χ1n) is 8.45. The molecule has 8 nitrogen and oxygen atoms in total. The third-order valence-corrected chi connectivity index (χ3v) is 5.18. The minimum Gasteiger partial charge on any atom is -0.493 e. The molecule has 3 N–H and O–H groups in total. The number of aromatic amines is 1. The number of methoxy groups -OCH3 is 2. The number of hydrogen-bond donors (Lipinski definition) is 3. The Labute approximate surface area is 172 Å². The van der Waals surface area contributed by atoms with E-state index < -0.39 is 0 Å². The van der Waals surface area contributed by atoms with Gasteiger partial charge in [-0.1, -0.05) is 0 Å². The van der Waals surface area contributed by atoms with Crippen molar-refractivity contribution in [1.82, 2.24) is 20.5 Å². The number of carbonyl (C=O) groups excluding carboxylic acids is 1. The Morgan fingerprint density at radius 2 is 2.07 bits per heavy atom. The first-order valence-corrected chi connectivity index (χ1v) is 9.33. The number of amides is 1. The molecule has 1 aromatic carbocycles. The molecule has 3 aromatic rings. The van der Waals surface area contributed by atoms with E-state index in [1.165, 1.54) is 11.3 Å². The molecule has 1 aliphatic rings. The number of rotatable bonds is 5. The van der Waals surface area contributed by atoms with Crippen LogP contribution in [0.5, 0.6) is 11.5 Å². The van der Waals surface area contributed by atoms with E-state index in [9.17, 15) is 4.79 Å². The smallest absolute Gasteiger partial charge is 0.278 e. The summed E-state index contributed by atoms with van der Waals surface area (Å²) < 4.78 is 10.6. The molecule has 0 atom stereocenters. The molecule has 3 heterocycles. The van der Waals surface area contributed by atoms with Crippen molar-refractivity contribution in [2.75, 3.05) is 26.1 Å². The van der Waals surface area contributed by atoms with Crippen LogP contribution in [0.1, 0.15) is 21.7 Å². The predicted octanol–water partition coefficient (Wildman–Crippen LogP) is 2.87. The molecule has 4 rings (SSSR count). The number of ether oxygens (including phenoxy) is 2. The van der Waals surface area contributed by atoms with E-state index in [0.717, 1.165) is 35.5 Å². The number of hydrogen-bond acceptors (Lipinski definition) is 7. The highest BCUT2D eigenvalue weighted by molar-refractivity contribution is 7.14. The molecule has 0 saturated heterocycles. The van der Waals surface area contributed by atoms with Crippen molar-refractivity contribution in [1.29, 1.82) is 0 Å². The van der Waals surface area contributed by atoms with E-state index >= 15 is 0 Å². The topological polar surface area (TPSA) is 101 Å². The number of H-pyrrole nitrogens is 1. The highest BCUT2D eigenvalue weighted by atomic mass is 35.5. The quantitative estimate of drug-likeness (QED) is 0.585. The summed E-state index contributed by atoms with van der Waals surface area (Å²) in [7, 11) is 3.19. The van der Waals surface area contributed by atoms with Crippen LogP contribution in [0.3, 0.4) is 0 Å². The molecule has 148 valence electrons. The number of fused-ring (bicyclic) bond motifs is 1. The van der Waals surface area contributed by atoms with Gasteiger partial charge in [0, 0.05) is 41.7 Å². The van der Waals surface area contributed by atoms with Gasteiger partial charge in [0.15, 0.2) is 22.3 Å². The Balaban J connectivity index is 0.00000225. The third-order valence-electron chi connectivity index (χ3n) is 4.43. The Morgan fingerprint density at radius 3 is 2.86 bits per heavy atom. The fourth-order valence-corrected chi connectivity index (χ4v) is 3.74. The average Bonchev–Trinajstić information content (AvgIpc) is 3.34. The summed E-state index contributed by atoms with van der Waals surface area (Å²) >= 11 is 1.36. The summed E-state index contributed by atoms with van der Waals surface area (Å²) in [4.78, 5) is 17.1. The molecule has 0 aliphatic carbocycles. The molecule has 1 amide bonds. The lowest BCUT2D eigenvalue weighted by Gasteiger charge is -2.12. The average molecular weight is 422 g/mol. The van der Waals surface area contributed by atoms with Crippen LogP contribution in [0, 0.1) is 0 Å². The molecule has 0 radical (unpaired) electrons. The molecule has 2 aromatic heterocycles. The first-order chi connectivity index (χ1) is 13.2. The lowest BCUT2D eigenvalue weighted by atomic mass is 10.1. The molecule has 0 saturated carbocycles. The SMILES string of the molecule is COc1ccc(-c2csc(NC(=O)c3n[nH]c4c3CNCC4)n2)cc1OC.Cl. The van der Waals surface area contributed by atoms with Gasteiger partial charge in [-0.05, 0) is 18.2 Å². The van der Waals surface area contributed by atoms with Crippen molar-refractivity contribution < 1.29 is 14.3 Å². The van der Waals surface area contributed by atoms with Crippen LogP contribution in [0.2, 0.25) is 0 Å². The van der Waals surface area contributed by atoms with Gasteiger partial charge in [-0.15, -0.1) is 23.7 Å². The van der Waals surface area contributed by atoms with E-state index in [4.69, 9.17) is 9.47 Å². The predicted molar refractivity (Wildman–Crippen MR) is 110 cm³/mol. The van der Waals surface area contributed by atoms with Gasteiger partial charge in [0.05, 0.1) is 19.9 Å². The Hall–Kier alpha value is -2.62. The zero-order valence-electron chi connectivity index (χ0n) is 15.4. The Kier molecular flexibility index (Phi) is 6.18. The van der Waals surface area contributed by atoms with Crippen molar-refractivity contribution in [3.8, 4) is 22.8 Å². The summed E-state index contributed by atoms with van der Waals surface area (Å²) in [6.45, 7) is 1.53. The number of aromatic nitrogens is 3. The molecule has 10 heteroatoms. The maximum atomic E-state index is 12.6.